The van der Waals surface area contributed by atoms with E-state index in [2.05, 4.69) is 4.99 Å². The zero-order valence-corrected chi connectivity index (χ0v) is 14.3. The summed E-state index contributed by atoms with van der Waals surface area (Å²) in [5, 5.41) is 9.08. The van der Waals surface area contributed by atoms with Gasteiger partial charge in [0.15, 0.2) is 5.78 Å². The van der Waals surface area contributed by atoms with E-state index in [1.54, 1.807) is 17.0 Å². The number of allylic oxidation sites excluding steroid dienone is 2. The smallest absolute Gasteiger partial charge is 0.202 e. The lowest BCUT2D eigenvalue weighted by molar-refractivity contribution is -0.118. The molecule has 1 aromatic carbocycles. The fraction of sp³-hybridized carbons (Fsp3) is 0.389. The third-order valence-corrected chi connectivity index (χ3v) is 4.31. The Balaban J connectivity index is 2.36. The summed E-state index contributed by atoms with van der Waals surface area (Å²) >= 11 is 0. The summed E-state index contributed by atoms with van der Waals surface area (Å²) in [5.41, 5.74) is 9.58. The second-order valence-electron chi connectivity index (χ2n) is 5.78. The van der Waals surface area contributed by atoms with E-state index in [1.807, 2.05) is 20.8 Å². The number of ketones is 2. The second-order valence-corrected chi connectivity index (χ2v) is 5.78. The van der Waals surface area contributed by atoms with Crippen molar-refractivity contribution in [2.75, 3.05) is 25.4 Å². The van der Waals surface area contributed by atoms with Crippen molar-refractivity contribution in [2.45, 2.75) is 27.2 Å². The monoisotopic (exact) mass is 329 g/mol. The van der Waals surface area contributed by atoms with Crippen LogP contribution in [0, 0.1) is 13.8 Å². The summed E-state index contributed by atoms with van der Waals surface area (Å²) in [6.45, 7) is 6.46. The Labute approximate surface area is 141 Å². The van der Waals surface area contributed by atoms with Crippen molar-refractivity contribution < 1.29 is 14.7 Å². The molecule has 0 aromatic heterocycles. The predicted molar refractivity (Wildman–Crippen MR) is 94.5 cm³/mol. The molecule has 1 aromatic rings. The molecule has 1 aliphatic carbocycles. The molecule has 0 aliphatic heterocycles. The van der Waals surface area contributed by atoms with Gasteiger partial charge in [-0.25, -0.2) is 4.99 Å². The maximum atomic E-state index is 12.4. The maximum absolute atomic E-state index is 12.4. The summed E-state index contributed by atoms with van der Waals surface area (Å²) in [6, 6.07) is 3.50. The third-order valence-electron chi connectivity index (χ3n) is 4.31. The van der Waals surface area contributed by atoms with Gasteiger partial charge in [0.05, 0.1) is 30.1 Å². The highest BCUT2D eigenvalue weighted by molar-refractivity contribution is 6.50. The predicted octanol–water partition coefficient (Wildman–Crippen LogP) is 1.70. The third kappa shape index (κ3) is 3.54. The zero-order chi connectivity index (χ0) is 17.9. The number of hydrogen-bond acceptors (Lipinski definition) is 6. The van der Waals surface area contributed by atoms with Crippen LogP contribution in [0.3, 0.4) is 0 Å². The number of carbonyl (C=O) groups excluding carboxylic acids is 2. The van der Waals surface area contributed by atoms with Gasteiger partial charge >= 0.3 is 0 Å². The molecule has 0 spiro atoms. The summed E-state index contributed by atoms with van der Waals surface area (Å²) in [5.74, 6) is -0.427. The van der Waals surface area contributed by atoms with Crippen LogP contribution in [0.2, 0.25) is 0 Å². The first kappa shape index (κ1) is 17.9. The number of nitrogens with zero attached hydrogens (tertiary/aromatic N) is 2. The lowest BCUT2D eigenvalue weighted by atomic mass is 9.98. The number of benzene rings is 1. The van der Waals surface area contributed by atoms with Crippen LogP contribution >= 0.6 is 0 Å². The van der Waals surface area contributed by atoms with Crippen molar-refractivity contribution in [3.8, 4) is 0 Å². The number of nitrogens with two attached hydrogens (primary N) is 1. The van der Waals surface area contributed by atoms with E-state index in [0.717, 1.165) is 11.1 Å². The number of aliphatic hydroxyl groups is 1. The van der Waals surface area contributed by atoms with Gasteiger partial charge in [0.2, 0.25) is 5.78 Å². The van der Waals surface area contributed by atoms with Gasteiger partial charge in [-0.2, -0.15) is 0 Å². The Morgan fingerprint density at radius 3 is 2.58 bits per heavy atom. The van der Waals surface area contributed by atoms with Crippen LogP contribution in [0.4, 0.5) is 11.4 Å². The number of Topliss-reactive ketones (excluding diaryl/α,β-unsaturated/α-hetero) is 1. The van der Waals surface area contributed by atoms with Crippen molar-refractivity contribution in [3.05, 3.63) is 35.0 Å². The van der Waals surface area contributed by atoms with Gasteiger partial charge in [-0.15, -0.1) is 0 Å². The number of rotatable bonds is 5. The molecule has 0 amide bonds. The Bertz CT molecular complexity index is 735. The highest BCUT2D eigenvalue weighted by Gasteiger charge is 2.27. The molecule has 3 N–H and O–H groups in total. The minimum Gasteiger partial charge on any atom is -0.399 e. The summed E-state index contributed by atoms with van der Waals surface area (Å²) in [4.78, 5) is 30.8. The van der Waals surface area contributed by atoms with Gasteiger partial charge < -0.3 is 15.7 Å². The molecular weight excluding hydrogens is 306 g/mol. The van der Waals surface area contributed by atoms with Crippen LogP contribution in [0.25, 0.3) is 0 Å². The van der Waals surface area contributed by atoms with E-state index < -0.39 is 0 Å². The molecule has 6 heteroatoms. The van der Waals surface area contributed by atoms with Gasteiger partial charge in [0.25, 0.3) is 0 Å². The van der Waals surface area contributed by atoms with Gasteiger partial charge in [0.1, 0.15) is 0 Å². The molecule has 0 unspecified atom stereocenters. The number of aliphatic hydroxyl groups excluding tert-OH is 1. The van der Waals surface area contributed by atoms with Crippen molar-refractivity contribution in [3.63, 3.8) is 0 Å². The number of hydrogen-bond donors (Lipinski definition) is 2. The fourth-order valence-electron chi connectivity index (χ4n) is 2.64. The van der Waals surface area contributed by atoms with Crippen molar-refractivity contribution >= 4 is 28.7 Å². The first-order valence-corrected chi connectivity index (χ1v) is 7.97. The highest BCUT2D eigenvalue weighted by Crippen LogP contribution is 2.27. The van der Waals surface area contributed by atoms with Crippen molar-refractivity contribution in [2.24, 2.45) is 4.99 Å². The number of carbonyl (C=O) groups is 2. The Hall–Kier alpha value is -2.47. The molecule has 0 saturated carbocycles. The molecule has 128 valence electrons. The summed E-state index contributed by atoms with van der Waals surface area (Å²) in [6.07, 6.45) is 1.29. The Morgan fingerprint density at radius 1 is 1.25 bits per heavy atom. The molecule has 6 nitrogen and oxygen atoms in total. The summed E-state index contributed by atoms with van der Waals surface area (Å²) < 4.78 is 0. The van der Waals surface area contributed by atoms with Gasteiger partial charge in [0, 0.05) is 24.9 Å². The topological polar surface area (TPSA) is 96.0 Å². The lowest BCUT2D eigenvalue weighted by Crippen LogP contribution is -2.35. The quantitative estimate of drug-likeness (QED) is 0.802. The first-order valence-electron chi connectivity index (χ1n) is 7.97. The molecule has 0 atom stereocenters. The van der Waals surface area contributed by atoms with Crippen LogP contribution in [0.15, 0.2) is 28.9 Å². The minimum absolute atomic E-state index is 0.0323. The first-order chi connectivity index (χ1) is 11.4. The van der Waals surface area contributed by atoms with Crippen LogP contribution < -0.4 is 5.73 Å². The molecule has 0 heterocycles. The molecule has 0 radical (unpaired) electrons. The largest absolute Gasteiger partial charge is 0.399 e. The molecule has 0 bridgehead atoms. The lowest BCUT2D eigenvalue weighted by Gasteiger charge is -2.26. The number of likely N-dealkylation sites (N-methyl/N-ethyl adjacent to an activating group) is 1. The normalized spacial score (nSPS) is 16.5. The molecule has 0 fully saturated rings. The minimum atomic E-state index is -0.269. The van der Waals surface area contributed by atoms with Gasteiger partial charge in [-0.05, 0) is 44.0 Å². The van der Waals surface area contributed by atoms with E-state index >= 15 is 0 Å². The Morgan fingerprint density at radius 2 is 1.96 bits per heavy atom. The van der Waals surface area contributed by atoms with Crippen LogP contribution in [-0.4, -0.2) is 47.0 Å². The standard InChI is InChI=1S/C18H23N3O3/c1-4-21(7-8-22)16-10-17(23)15(9-18(16)24)20-14-6-5-13(19)11(2)12(14)3/h5-6,10,22H,4,7-9,19H2,1-3H3. The Kier molecular flexibility index (Phi) is 5.51. The zero-order valence-electron chi connectivity index (χ0n) is 14.3. The SMILES string of the molecule is CCN(CCO)C1=CC(=O)C(=Nc2ccc(N)c(C)c2C)CC1=O. The van der Waals surface area contributed by atoms with Crippen LogP contribution in [-0.2, 0) is 9.59 Å². The molecule has 1 aliphatic rings. The molecule has 2 rings (SSSR count). The average molecular weight is 329 g/mol. The van der Waals surface area contributed by atoms with E-state index in [0.29, 0.717) is 30.2 Å². The molecule has 24 heavy (non-hydrogen) atoms. The molecule has 0 saturated heterocycles. The van der Waals surface area contributed by atoms with Gasteiger partial charge in [-0.3, -0.25) is 9.59 Å². The number of nitrogen functional groups attached to an aromatic ring is 1. The maximum Gasteiger partial charge on any atom is 0.202 e. The molecular formula is C18H23N3O3. The highest BCUT2D eigenvalue weighted by atomic mass is 16.3. The number of aliphatic imine (C=N–C) groups is 1. The van der Waals surface area contributed by atoms with Crippen molar-refractivity contribution in [1.82, 2.24) is 4.90 Å². The average Bonchev–Trinajstić information content (AvgIpc) is 2.56. The van der Waals surface area contributed by atoms with Crippen LogP contribution in [0.5, 0.6) is 0 Å². The van der Waals surface area contributed by atoms with E-state index in [-0.39, 0.29) is 30.3 Å². The summed E-state index contributed by atoms with van der Waals surface area (Å²) in [7, 11) is 0. The van der Waals surface area contributed by atoms with Gasteiger partial charge in [-0.1, -0.05) is 0 Å². The van der Waals surface area contributed by atoms with Crippen LogP contribution in [0.1, 0.15) is 24.5 Å². The van der Waals surface area contributed by atoms with Crippen molar-refractivity contribution in [1.29, 1.82) is 0 Å². The van der Waals surface area contributed by atoms with E-state index in [1.165, 1.54) is 6.08 Å². The fourth-order valence-corrected chi connectivity index (χ4v) is 2.64. The van der Waals surface area contributed by atoms with E-state index in [9.17, 15) is 9.59 Å². The second kappa shape index (κ2) is 7.40. The van der Waals surface area contributed by atoms with E-state index in [4.69, 9.17) is 10.8 Å². The number of anilines is 1.